The first-order valence-electron chi connectivity index (χ1n) is 6.53. The average Bonchev–Trinajstić information content (AvgIpc) is 3.04. The maximum Gasteiger partial charge on any atom is 0.332 e. The molecular formula is C13H16N4O3. The summed E-state index contributed by atoms with van der Waals surface area (Å²) >= 11 is 0. The second-order valence-corrected chi connectivity index (χ2v) is 4.93. The van der Waals surface area contributed by atoms with Crippen LogP contribution in [0.2, 0.25) is 0 Å². The van der Waals surface area contributed by atoms with E-state index in [1.807, 2.05) is 17.7 Å². The maximum atomic E-state index is 10.8. The highest BCUT2D eigenvalue weighted by atomic mass is 16.5. The number of imidazole rings is 1. The van der Waals surface area contributed by atoms with Crippen LogP contribution in [0.1, 0.15) is 12.8 Å². The Kier molecular flexibility index (Phi) is 3.27. The number of carboxylic acid groups (broad SMARTS) is 1. The SMILES string of the molecule is Cn1cnc2c(NCC3CCC(C(=O)O)O3)nccc21. The van der Waals surface area contributed by atoms with Crippen LogP contribution in [0, 0.1) is 0 Å². The highest BCUT2D eigenvalue weighted by Gasteiger charge is 2.30. The van der Waals surface area contributed by atoms with Gasteiger partial charge in [-0.2, -0.15) is 0 Å². The molecule has 2 aromatic rings. The smallest absolute Gasteiger partial charge is 0.332 e. The summed E-state index contributed by atoms with van der Waals surface area (Å²) in [6, 6.07) is 1.90. The van der Waals surface area contributed by atoms with Gasteiger partial charge in [0.15, 0.2) is 11.9 Å². The third kappa shape index (κ3) is 2.32. The van der Waals surface area contributed by atoms with E-state index in [0.29, 0.717) is 18.8 Å². The topological polar surface area (TPSA) is 89.3 Å². The fourth-order valence-corrected chi connectivity index (χ4v) is 2.44. The summed E-state index contributed by atoms with van der Waals surface area (Å²) in [5, 5.41) is 12.1. The standard InChI is InChI=1S/C13H16N4O3/c1-17-7-16-11-9(17)4-5-14-12(11)15-6-8-2-3-10(20-8)13(18)19/h4-5,7-8,10H,2-3,6H2,1H3,(H,14,15)(H,18,19). The molecule has 20 heavy (non-hydrogen) atoms. The summed E-state index contributed by atoms with van der Waals surface area (Å²) < 4.78 is 7.37. The van der Waals surface area contributed by atoms with Crippen LogP contribution >= 0.6 is 0 Å². The number of carboxylic acids is 1. The van der Waals surface area contributed by atoms with Gasteiger partial charge in [-0.15, -0.1) is 0 Å². The van der Waals surface area contributed by atoms with Gasteiger partial charge in [0, 0.05) is 19.8 Å². The quantitative estimate of drug-likeness (QED) is 0.866. The minimum atomic E-state index is -0.891. The molecule has 0 radical (unpaired) electrons. The van der Waals surface area contributed by atoms with Crippen molar-refractivity contribution in [2.24, 2.45) is 7.05 Å². The minimum absolute atomic E-state index is 0.100. The van der Waals surface area contributed by atoms with E-state index in [4.69, 9.17) is 9.84 Å². The second kappa shape index (κ2) is 5.09. The van der Waals surface area contributed by atoms with Crippen LogP contribution in [0.3, 0.4) is 0 Å². The number of aryl methyl sites for hydroxylation is 1. The number of anilines is 1. The molecule has 3 heterocycles. The lowest BCUT2D eigenvalue weighted by molar-refractivity contribution is -0.149. The van der Waals surface area contributed by atoms with Gasteiger partial charge in [0.1, 0.15) is 5.52 Å². The highest BCUT2D eigenvalue weighted by molar-refractivity contribution is 5.85. The Bertz CT molecular complexity index is 640. The normalized spacial score (nSPS) is 22.2. The number of carbonyl (C=O) groups is 1. The van der Waals surface area contributed by atoms with Crippen molar-refractivity contribution in [2.75, 3.05) is 11.9 Å². The number of nitrogens with zero attached hydrogens (tertiary/aromatic N) is 3. The number of rotatable bonds is 4. The first kappa shape index (κ1) is 12.9. The molecule has 2 atom stereocenters. The Morgan fingerprint density at radius 2 is 2.40 bits per heavy atom. The van der Waals surface area contributed by atoms with Gasteiger partial charge in [-0.25, -0.2) is 14.8 Å². The molecule has 2 unspecified atom stereocenters. The number of aromatic nitrogens is 3. The van der Waals surface area contributed by atoms with Gasteiger partial charge in [0.25, 0.3) is 0 Å². The number of pyridine rings is 1. The fraction of sp³-hybridized carbons (Fsp3) is 0.462. The van der Waals surface area contributed by atoms with Crippen LogP contribution in [0.25, 0.3) is 11.0 Å². The molecule has 0 aliphatic carbocycles. The van der Waals surface area contributed by atoms with Gasteiger partial charge in [-0.1, -0.05) is 0 Å². The molecule has 0 bridgehead atoms. The first-order chi connectivity index (χ1) is 9.65. The minimum Gasteiger partial charge on any atom is -0.479 e. The summed E-state index contributed by atoms with van der Waals surface area (Å²) in [7, 11) is 1.93. The van der Waals surface area contributed by atoms with Crippen molar-refractivity contribution in [3.63, 3.8) is 0 Å². The Morgan fingerprint density at radius 1 is 1.55 bits per heavy atom. The molecule has 7 nitrogen and oxygen atoms in total. The molecule has 1 aliphatic rings. The monoisotopic (exact) mass is 276 g/mol. The molecule has 1 fully saturated rings. The zero-order valence-electron chi connectivity index (χ0n) is 11.1. The summed E-state index contributed by atoms with van der Waals surface area (Å²) in [6.45, 7) is 0.534. The molecule has 2 aromatic heterocycles. The second-order valence-electron chi connectivity index (χ2n) is 4.93. The van der Waals surface area contributed by atoms with E-state index >= 15 is 0 Å². The largest absolute Gasteiger partial charge is 0.479 e. The highest BCUT2D eigenvalue weighted by Crippen LogP contribution is 2.22. The van der Waals surface area contributed by atoms with E-state index in [0.717, 1.165) is 17.5 Å². The van der Waals surface area contributed by atoms with Gasteiger partial charge >= 0.3 is 5.97 Å². The fourth-order valence-electron chi connectivity index (χ4n) is 2.44. The Hall–Kier alpha value is -2.15. The van der Waals surface area contributed by atoms with Crippen molar-refractivity contribution in [1.29, 1.82) is 0 Å². The molecule has 2 N–H and O–H groups in total. The number of nitrogens with one attached hydrogen (secondary N) is 1. The van der Waals surface area contributed by atoms with Crippen LogP contribution in [-0.2, 0) is 16.6 Å². The molecule has 0 amide bonds. The van der Waals surface area contributed by atoms with Crippen molar-refractivity contribution in [3.05, 3.63) is 18.6 Å². The number of aliphatic carboxylic acids is 1. The van der Waals surface area contributed by atoms with Crippen LogP contribution in [0.5, 0.6) is 0 Å². The van der Waals surface area contributed by atoms with Crippen LogP contribution < -0.4 is 5.32 Å². The summed E-state index contributed by atoms with van der Waals surface area (Å²) in [6.07, 6.45) is 3.98. The van der Waals surface area contributed by atoms with Crippen molar-refractivity contribution < 1.29 is 14.6 Å². The Labute approximate surface area is 115 Å². The van der Waals surface area contributed by atoms with Crippen LogP contribution in [-0.4, -0.2) is 44.4 Å². The number of hydrogen-bond donors (Lipinski definition) is 2. The van der Waals surface area contributed by atoms with Gasteiger partial charge in [0.05, 0.1) is 17.9 Å². The molecule has 3 rings (SSSR count). The average molecular weight is 276 g/mol. The zero-order valence-corrected chi connectivity index (χ0v) is 11.1. The van der Waals surface area contributed by atoms with Crippen molar-refractivity contribution in [1.82, 2.24) is 14.5 Å². The van der Waals surface area contributed by atoms with Gasteiger partial charge in [0.2, 0.25) is 0 Å². The van der Waals surface area contributed by atoms with Crippen molar-refractivity contribution >= 4 is 22.8 Å². The maximum absolute atomic E-state index is 10.8. The number of fused-ring (bicyclic) bond motifs is 1. The predicted octanol–water partition coefficient (Wildman–Crippen LogP) is 1.01. The van der Waals surface area contributed by atoms with E-state index in [2.05, 4.69) is 15.3 Å². The third-order valence-corrected chi connectivity index (χ3v) is 3.52. The van der Waals surface area contributed by atoms with Gasteiger partial charge < -0.3 is 19.7 Å². The molecule has 1 saturated heterocycles. The van der Waals surface area contributed by atoms with E-state index in [9.17, 15) is 4.79 Å². The van der Waals surface area contributed by atoms with E-state index in [1.165, 1.54) is 0 Å². The Balaban J connectivity index is 1.67. The predicted molar refractivity (Wildman–Crippen MR) is 72.5 cm³/mol. The lowest BCUT2D eigenvalue weighted by atomic mass is 10.2. The van der Waals surface area contributed by atoms with Crippen LogP contribution in [0.15, 0.2) is 18.6 Å². The van der Waals surface area contributed by atoms with E-state index < -0.39 is 12.1 Å². The number of hydrogen-bond acceptors (Lipinski definition) is 5. The molecule has 0 spiro atoms. The van der Waals surface area contributed by atoms with Crippen LogP contribution in [0.4, 0.5) is 5.82 Å². The van der Waals surface area contributed by atoms with Crippen molar-refractivity contribution in [3.8, 4) is 0 Å². The molecule has 1 aliphatic heterocycles. The third-order valence-electron chi connectivity index (χ3n) is 3.52. The van der Waals surface area contributed by atoms with Gasteiger partial charge in [-0.05, 0) is 18.9 Å². The summed E-state index contributed by atoms with van der Waals surface area (Å²) in [4.78, 5) is 19.4. The van der Waals surface area contributed by atoms with Crippen molar-refractivity contribution in [2.45, 2.75) is 25.0 Å². The first-order valence-corrected chi connectivity index (χ1v) is 6.53. The summed E-state index contributed by atoms with van der Waals surface area (Å²) in [5.41, 5.74) is 1.81. The molecule has 0 aromatic carbocycles. The molecule has 7 heteroatoms. The zero-order chi connectivity index (χ0) is 14.1. The Morgan fingerprint density at radius 3 is 3.15 bits per heavy atom. The lowest BCUT2D eigenvalue weighted by Gasteiger charge is -2.12. The molecule has 0 saturated carbocycles. The van der Waals surface area contributed by atoms with Gasteiger partial charge in [-0.3, -0.25) is 0 Å². The number of ether oxygens (including phenoxy) is 1. The van der Waals surface area contributed by atoms with E-state index in [1.54, 1.807) is 12.5 Å². The molecular weight excluding hydrogens is 260 g/mol. The lowest BCUT2D eigenvalue weighted by Crippen LogP contribution is -2.24. The summed E-state index contributed by atoms with van der Waals surface area (Å²) in [5.74, 6) is -0.192. The van der Waals surface area contributed by atoms with E-state index in [-0.39, 0.29) is 6.10 Å². The molecule has 106 valence electrons.